The number of aromatic carboxylic acids is 1. The third-order valence-corrected chi connectivity index (χ3v) is 5.97. The van der Waals surface area contributed by atoms with Crippen molar-refractivity contribution in [3.05, 3.63) is 58.5 Å². The van der Waals surface area contributed by atoms with E-state index in [-0.39, 0.29) is 17.7 Å². The minimum absolute atomic E-state index is 0.0411. The molecule has 4 rings (SSSR count). The molecule has 1 N–H and O–H groups in total. The minimum Gasteiger partial charge on any atom is -0.493 e. The zero-order valence-electron chi connectivity index (χ0n) is 18.8. The number of hydrogen-bond donors (Lipinski definition) is 1. The van der Waals surface area contributed by atoms with Crippen LogP contribution in [0.25, 0.3) is 22.4 Å². The first-order chi connectivity index (χ1) is 15.8. The Labute approximate surface area is 190 Å². The first kappa shape index (κ1) is 22.4. The molecule has 0 saturated carbocycles. The summed E-state index contributed by atoms with van der Waals surface area (Å²) in [5.41, 5.74) is 3.05. The van der Waals surface area contributed by atoms with Crippen molar-refractivity contribution in [3.63, 3.8) is 0 Å². The highest BCUT2D eigenvalue weighted by molar-refractivity contribution is 6.06. The summed E-state index contributed by atoms with van der Waals surface area (Å²) in [5.74, 6) is -1.80. The lowest BCUT2D eigenvalue weighted by Gasteiger charge is -2.23. The normalized spacial score (nSPS) is 12.0. The molecule has 33 heavy (non-hydrogen) atoms. The molecule has 7 nitrogen and oxygen atoms in total. The van der Waals surface area contributed by atoms with E-state index in [1.165, 1.54) is 25.3 Å². The molecule has 2 heterocycles. The third kappa shape index (κ3) is 3.51. The van der Waals surface area contributed by atoms with E-state index in [2.05, 4.69) is 0 Å². The van der Waals surface area contributed by atoms with E-state index >= 15 is 4.39 Å². The Balaban J connectivity index is 2.08. The number of carboxylic acid groups (broad SMARTS) is 1. The van der Waals surface area contributed by atoms with E-state index in [4.69, 9.17) is 14.2 Å². The monoisotopic (exact) mass is 453 g/mol. The topological polar surface area (TPSA) is 87.0 Å². The number of carboxylic acids is 1. The molecule has 1 aliphatic heterocycles. The largest absolute Gasteiger partial charge is 0.493 e. The Morgan fingerprint density at radius 1 is 1.12 bits per heavy atom. The summed E-state index contributed by atoms with van der Waals surface area (Å²) in [6.07, 6.45) is 0.664. The van der Waals surface area contributed by atoms with Crippen LogP contribution in [-0.2, 0) is 17.7 Å². The number of ether oxygens (including phenoxy) is 3. The van der Waals surface area contributed by atoms with E-state index in [0.29, 0.717) is 41.4 Å². The number of carbonyl (C=O) groups is 2. The summed E-state index contributed by atoms with van der Waals surface area (Å²) in [4.78, 5) is 24.7. The van der Waals surface area contributed by atoms with Crippen LogP contribution in [0, 0.1) is 12.7 Å². The van der Waals surface area contributed by atoms with Gasteiger partial charge < -0.3 is 23.9 Å². The van der Waals surface area contributed by atoms with Gasteiger partial charge >= 0.3 is 11.9 Å². The molecule has 8 heteroatoms. The maximum Gasteiger partial charge on any atom is 0.340 e. The van der Waals surface area contributed by atoms with Gasteiger partial charge in [0.25, 0.3) is 0 Å². The Bertz CT molecular complexity index is 1280. The maximum atomic E-state index is 15.3. The molecule has 0 spiro atoms. The van der Waals surface area contributed by atoms with Gasteiger partial charge in [-0.25, -0.2) is 14.0 Å². The maximum absolute atomic E-state index is 15.3. The van der Waals surface area contributed by atoms with Gasteiger partial charge in [0, 0.05) is 28.9 Å². The summed E-state index contributed by atoms with van der Waals surface area (Å²) < 4.78 is 33.5. The van der Waals surface area contributed by atoms with Crippen molar-refractivity contribution >= 4 is 11.9 Å². The average Bonchev–Trinajstić information content (AvgIpc) is 3.10. The van der Waals surface area contributed by atoms with Crippen LogP contribution in [0.1, 0.15) is 38.9 Å². The fourth-order valence-electron chi connectivity index (χ4n) is 4.50. The van der Waals surface area contributed by atoms with Crippen LogP contribution in [0.2, 0.25) is 0 Å². The molecule has 172 valence electrons. The predicted octanol–water partition coefficient (Wildman–Crippen LogP) is 4.72. The van der Waals surface area contributed by atoms with Crippen LogP contribution in [-0.4, -0.2) is 42.4 Å². The van der Waals surface area contributed by atoms with Crippen molar-refractivity contribution in [2.24, 2.45) is 0 Å². The molecule has 0 unspecified atom stereocenters. The van der Waals surface area contributed by atoms with E-state index in [9.17, 15) is 14.7 Å². The molecule has 0 radical (unpaired) electrons. The predicted molar refractivity (Wildman–Crippen MR) is 120 cm³/mol. The fourth-order valence-corrected chi connectivity index (χ4v) is 4.50. The molecular formula is C25H24FNO6. The van der Waals surface area contributed by atoms with Crippen LogP contribution < -0.4 is 9.47 Å². The van der Waals surface area contributed by atoms with Gasteiger partial charge in [-0.05, 0) is 44.0 Å². The second-order valence-electron chi connectivity index (χ2n) is 7.64. The van der Waals surface area contributed by atoms with E-state index in [1.807, 2.05) is 10.6 Å². The first-order valence-corrected chi connectivity index (χ1v) is 10.5. The Hall–Kier alpha value is -3.81. The minimum atomic E-state index is -1.38. The lowest BCUT2D eigenvalue weighted by atomic mass is 9.92. The van der Waals surface area contributed by atoms with Crippen LogP contribution >= 0.6 is 0 Å². The Morgan fingerprint density at radius 3 is 2.45 bits per heavy atom. The van der Waals surface area contributed by atoms with E-state index < -0.39 is 23.3 Å². The van der Waals surface area contributed by atoms with Crippen LogP contribution in [0.5, 0.6) is 11.5 Å². The van der Waals surface area contributed by atoms with Crippen LogP contribution in [0.4, 0.5) is 4.39 Å². The standard InChI is InChI=1S/C25H24FNO6/c1-5-33-25(30)21-20(15-7-6-8-16(22(15)26)24(28)29)13(2)27-10-9-14-11-18(31-3)19(32-4)12-17(14)23(21)27/h6-8,11-12H,5,9-10H2,1-4H3,(H,28,29). The Morgan fingerprint density at radius 2 is 1.82 bits per heavy atom. The fraction of sp³-hybridized carbons (Fsp3) is 0.280. The summed E-state index contributed by atoms with van der Waals surface area (Å²) in [5, 5.41) is 9.41. The lowest BCUT2D eigenvalue weighted by Crippen LogP contribution is -2.15. The number of benzene rings is 2. The molecule has 1 aromatic heterocycles. The number of aromatic nitrogens is 1. The number of esters is 1. The second-order valence-corrected chi connectivity index (χ2v) is 7.64. The van der Waals surface area contributed by atoms with E-state index in [1.54, 1.807) is 27.0 Å². The van der Waals surface area contributed by atoms with Gasteiger partial charge in [-0.1, -0.05) is 12.1 Å². The van der Waals surface area contributed by atoms with E-state index in [0.717, 1.165) is 11.1 Å². The molecular weight excluding hydrogens is 429 g/mol. The molecule has 0 fully saturated rings. The Kier molecular flexibility index (Phi) is 5.84. The zero-order chi connectivity index (χ0) is 23.9. The SMILES string of the molecule is CCOC(=O)c1c(-c2cccc(C(=O)O)c2F)c(C)n2c1-c1cc(OC)c(OC)cc1CC2. The molecule has 0 bridgehead atoms. The van der Waals surface area contributed by atoms with Crippen molar-refractivity contribution in [1.82, 2.24) is 4.57 Å². The molecule has 0 atom stereocenters. The number of nitrogens with zero attached hydrogens (tertiary/aromatic N) is 1. The number of carbonyl (C=O) groups excluding carboxylic acids is 1. The summed E-state index contributed by atoms with van der Waals surface area (Å²) >= 11 is 0. The van der Waals surface area contributed by atoms with Crippen LogP contribution in [0.15, 0.2) is 30.3 Å². The lowest BCUT2D eigenvalue weighted by molar-refractivity contribution is 0.0527. The molecule has 0 saturated heterocycles. The zero-order valence-corrected chi connectivity index (χ0v) is 18.8. The van der Waals surface area contributed by atoms with Crippen molar-refractivity contribution in [2.75, 3.05) is 20.8 Å². The van der Waals surface area contributed by atoms with Gasteiger partial charge in [0.15, 0.2) is 11.5 Å². The highest BCUT2D eigenvalue weighted by Gasteiger charge is 2.33. The molecule has 1 aliphatic rings. The van der Waals surface area contributed by atoms with Crippen LogP contribution in [0.3, 0.4) is 0 Å². The highest BCUT2D eigenvalue weighted by Crippen LogP contribution is 2.46. The third-order valence-electron chi connectivity index (χ3n) is 5.97. The smallest absolute Gasteiger partial charge is 0.340 e. The van der Waals surface area contributed by atoms with Gasteiger partial charge in [-0.3, -0.25) is 0 Å². The van der Waals surface area contributed by atoms with Gasteiger partial charge in [-0.2, -0.15) is 0 Å². The average molecular weight is 453 g/mol. The van der Waals surface area contributed by atoms with Gasteiger partial charge in [0.2, 0.25) is 0 Å². The van der Waals surface area contributed by atoms with Crippen molar-refractivity contribution in [1.29, 1.82) is 0 Å². The van der Waals surface area contributed by atoms with Crippen molar-refractivity contribution in [3.8, 4) is 33.9 Å². The molecule has 0 amide bonds. The molecule has 2 aromatic carbocycles. The molecule has 3 aromatic rings. The van der Waals surface area contributed by atoms with Crippen molar-refractivity contribution < 1.29 is 33.3 Å². The van der Waals surface area contributed by atoms with Gasteiger partial charge in [0.05, 0.1) is 37.6 Å². The number of halogens is 1. The van der Waals surface area contributed by atoms with Gasteiger partial charge in [0.1, 0.15) is 5.82 Å². The first-order valence-electron chi connectivity index (χ1n) is 10.5. The quantitative estimate of drug-likeness (QED) is 0.544. The number of hydrogen-bond acceptors (Lipinski definition) is 5. The highest BCUT2D eigenvalue weighted by atomic mass is 19.1. The summed E-state index contributed by atoms with van der Waals surface area (Å²) in [6, 6.07) is 7.82. The van der Waals surface area contributed by atoms with Crippen molar-refractivity contribution in [2.45, 2.75) is 26.8 Å². The summed E-state index contributed by atoms with van der Waals surface area (Å²) in [7, 11) is 3.09. The number of fused-ring (bicyclic) bond motifs is 3. The van der Waals surface area contributed by atoms with Gasteiger partial charge in [-0.15, -0.1) is 0 Å². The molecule has 0 aliphatic carbocycles. The second kappa shape index (κ2) is 8.61. The number of rotatable bonds is 6. The number of methoxy groups -OCH3 is 2. The number of aryl methyl sites for hydroxylation is 1. The summed E-state index contributed by atoms with van der Waals surface area (Å²) in [6.45, 7) is 4.18.